The summed E-state index contributed by atoms with van der Waals surface area (Å²) < 4.78 is 5.46. The second-order valence-electron chi connectivity index (χ2n) is 18.6. The third kappa shape index (κ3) is 47.7. The number of aliphatic hydroxyl groups is 2. The normalized spacial score (nSPS) is 12.8. The van der Waals surface area contributed by atoms with Crippen molar-refractivity contribution in [3.8, 4) is 0 Å². The monoisotopic (exact) mass is 860 g/mol. The maximum atomic E-state index is 12.5. The molecule has 2 atom stereocenters. The summed E-state index contributed by atoms with van der Waals surface area (Å²) in [5, 5.41) is 23.2. The number of hydrogen-bond acceptors (Lipinski definition) is 5. The highest BCUT2D eigenvalue weighted by Gasteiger charge is 2.20. The average Bonchev–Trinajstić information content (AvgIpc) is 3.26. The molecule has 0 aliphatic heterocycles. The second-order valence-corrected chi connectivity index (χ2v) is 18.6. The van der Waals surface area contributed by atoms with Crippen LogP contribution >= 0.6 is 0 Å². The SMILES string of the molecule is CCCCC/C=C\C/C=C\CCCCCCCC(=O)OCCCCCCCCCCCCCCCCCC(=O)NC(CO)C(O)CCCCCCCCCCCCCCCC. The summed E-state index contributed by atoms with van der Waals surface area (Å²) in [6.45, 7) is 4.91. The standard InChI is InChI=1S/C55H105NO5/c1-3-5-7-9-11-13-15-17-20-25-29-33-37-41-45-49-55(60)61-50-46-42-38-34-30-26-22-19-21-24-28-32-36-40-44-48-54(59)56-52(51-57)53(58)47-43-39-35-31-27-23-18-16-14-12-10-8-6-4-2/h11,13,17,20,52-53,57-58H,3-10,12,14-16,18-19,21-51H2,1-2H3,(H,56,59)/b13-11-,20-17-. The number of rotatable bonds is 50. The van der Waals surface area contributed by atoms with Gasteiger partial charge in [0.25, 0.3) is 0 Å². The van der Waals surface area contributed by atoms with E-state index in [0.717, 1.165) is 57.8 Å². The van der Waals surface area contributed by atoms with Gasteiger partial charge in [-0.2, -0.15) is 0 Å². The topological polar surface area (TPSA) is 95.9 Å². The molecule has 0 saturated heterocycles. The molecule has 0 aliphatic rings. The zero-order valence-corrected chi connectivity index (χ0v) is 40.9. The fourth-order valence-electron chi connectivity index (χ4n) is 8.32. The molecular formula is C55H105NO5. The van der Waals surface area contributed by atoms with Crippen molar-refractivity contribution in [2.75, 3.05) is 13.2 Å². The van der Waals surface area contributed by atoms with Gasteiger partial charge in [0.1, 0.15) is 0 Å². The van der Waals surface area contributed by atoms with E-state index in [4.69, 9.17) is 4.74 Å². The van der Waals surface area contributed by atoms with Crippen molar-refractivity contribution in [2.45, 2.75) is 302 Å². The minimum atomic E-state index is -0.670. The Balaban J connectivity index is 3.44. The predicted octanol–water partition coefficient (Wildman–Crippen LogP) is 16.3. The van der Waals surface area contributed by atoms with Gasteiger partial charge in [0.2, 0.25) is 5.91 Å². The smallest absolute Gasteiger partial charge is 0.305 e. The molecule has 61 heavy (non-hydrogen) atoms. The lowest BCUT2D eigenvalue weighted by molar-refractivity contribution is -0.143. The Labute approximate surface area is 380 Å². The van der Waals surface area contributed by atoms with Gasteiger partial charge in [-0.3, -0.25) is 9.59 Å². The Morgan fingerprint density at radius 3 is 1.28 bits per heavy atom. The number of esters is 1. The number of unbranched alkanes of at least 4 members (excludes halogenated alkanes) is 35. The molecular weight excluding hydrogens is 755 g/mol. The highest BCUT2D eigenvalue weighted by molar-refractivity contribution is 5.76. The number of hydrogen-bond donors (Lipinski definition) is 3. The third-order valence-corrected chi connectivity index (χ3v) is 12.5. The number of amides is 1. The summed E-state index contributed by atoms with van der Waals surface area (Å²) in [4.78, 5) is 24.5. The summed E-state index contributed by atoms with van der Waals surface area (Å²) in [6, 6.07) is -0.548. The Morgan fingerprint density at radius 2 is 0.820 bits per heavy atom. The van der Waals surface area contributed by atoms with Crippen LogP contribution in [0.1, 0.15) is 290 Å². The van der Waals surface area contributed by atoms with Crippen LogP contribution in [0, 0.1) is 0 Å². The van der Waals surface area contributed by atoms with Gasteiger partial charge < -0.3 is 20.3 Å². The lowest BCUT2D eigenvalue weighted by Crippen LogP contribution is -2.45. The number of carbonyl (C=O) groups excluding carboxylic acids is 2. The first-order chi connectivity index (χ1) is 30.0. The molecule has 0 aromatic carbocycles. The van der Waals surface area contributed by atoms with Crippen molar-refractivity contribution in [3.05, 3.63) is 24.3 Å². The Bertz CT molecular complexity index is 951. The van der Waals surface area contributed by atoms with Gasteiger partial charge in [-0.25, -0.2) is 0 Å². The van der Waals surface area contributed by atoms with Gasteiger partial charge in [0, 0.05) is 12.8 Å². The molecule has 0 heterocycles. The van der Waals surface area contributed by atoms with Crippen molar-refractivity contribution in [1.29, 1.82) is 0 Å². The van der Waals surface area contributed by atoms with Crippen LogP contribution in [0.5, 0.6) is 0 Å². The maximum Gasteiger partial charge on any atom is 0.305 e. The van der Waals surface area contributed by atoms with Gasteiger partial charge in [-0.15, -0.1) is 0 Å². The highest BCUT2D eigenvalue weighted by atomic mass is 16.5. The van der Waals surface area contributed by atoms with Crippen molar-refractivity contribution in [3.63, 3.8) is 0 Å². The van der Waals surface area contributed by atoms with Crippen LogP contribution in [0.3, 0.4) is 0 Å². The van der Waals surface area contributed by atoms with E-state index in [2.05, 4.69) is 43.5 Å². The van der Waals surface area contributed by atoms with E-state index >= 15 is 0 Å². The molecule has 6 nitrogen and oxygen atoms in total. The van der Waals surface area contributed by atoms with Crippen LogP contribution in [0.15, 0.2) is 24.3 Å². The summed E-state index contributed by atoms with van der Waals surface area (Å²) in [5.41, 5.74) is 0. The average molecular weight is 860 g/mol. The second kappa shape index (κ2) is 51.0. The Kier molecular flexibility index (Phi) is 49.6. The predicted molar refractivity (Wildman–Crippen MR) is 264 cm³/mol. The van der Waals surface area contributed by atoms with Crippen LogP contribution in [-0.4, -0.2) is 47.4 Å². The van der Waals surface area contributed by atoms with Crippen LogP contribution in [-0.2, 0) is 14.3 Å². The van der Waals surface area contributed by atoms with Gasteiger partial charge in [0.05, 0.1) is 25.4 Å². The van der Waals surface area contributed by atoms with E-state index in [-0.39, 0.29) is 18.5 Å². The minimum absolute atomic E-state index is 0.0132. The lowest BCUT2D eigenvalue weighted by Gasteiger charge is -2.22. The molecule has 0 aliphatic carbocycles. The lowest BCUT2D eigenvalue weighted by atomic mass is 10.0. The van der Waals surface area contributed by atoms with E-state index in [1.807, 2.05) is 0 Å². The molecule has 6 heteroatoms. The number of allylic oxidation sites excluding steroid dienone is 4. The number of carbonyl (C=O) groups is 2. The fraction of sp³-hybridized carbons (Fsp3) is 0.891. The van der Waals surface area contributed by atoms with Crippen molar-refractivity contribution < 1.29 is 24.5 Å². The van der Waals surface area contributed by atoms with Crippen LogP contribution in [0.2, 0.25) is 0 Å². The molecule has 0 aromatic heterocycles. The largest absolute Gasteiger partial charge is 0.466 e. The number of aliphatic hydroxyl groups excluding tert-OH is 2. The van der Waals surface area contributed by atoms with Crippen LogP contribution < -0.4 is 5.32 Å². The molecule has 0 fully saturated rings. The van der Waals surface area contributed by atoms with Crippen LogP contribution in [0.4, 0.5) is 0 Å². The molecule has 0 bridgehead atoms. The highest BCUT2D eigenvalue weighted by Crippen LogP contribution is 2.17. The number of ether oxygens (including phenoxy) is 1. The summed E-state index contributed by atoms with van der Waals surface area (Å²) in [5.74, 6) is -0.0567. The van der Waals surface area contributed by atoms with Crippen molar-refractivity contribution in [2.24, 2.45) is 0 Å². The first kappa shape index (κ1) is 59.3. The summed E-state index contributed by atoms with van der Waals surface area (Å²) in [7, 11) is 0. The molecule has 0 spiro atoms. The zero-order chi connectivity index (χ0) is 44.4. The van der Waals surface area contributed by atoms with E-state index in [9.17, 15) is 19.8 Å². The van der Waals surface area contributed by atoms with Crippen molar-refractivity contribution >= 4 is 11.9 Å². The molecule has 0 aromatic rings. The molecule has 1 amide bonds. The van der Waals surface area contributed by atoms with E-state index in [1.54, 1.807) is 0 Å². The van der Waals surface area contributed by atoms with E-state index < -0.39 is 12.1 Å². The third-order valence-electron chi connectivity index (χ3n) is 12.5. The fourth-order valence-corrected chi connectivity index (χ4v) is 8.32. The van der Waals surface area contributed by atoms with Gasteiger partial charge >= 0.3 is 5.97 Å². The summed E-state index contributed by atoms with van der Waals surface area (Å²) in [6.07, 6.45) is 60.0. The molecule has 0 radical (unpaired) electrons. The first-order valence-corrected chi connectivity index (χ1v) is 27.1. The Morgan fingerprint density at radius 1 is 0.459 bits per heavy atom. The molecule has 2 unspecified atom stereocenters. The zero-order valence-electron chi connectivity index (χ0n) is 40.9. The molecule has 0 saturated carbocycles. The van der Waals surface area contributed by atoms with Crippen LogP contribution in [0.25, 0.3) is 0 Å². The molecule has 360 valence electrons. The van der Waals surface area contributed by atoms with Gasteiger partial charge in [0.15, 0.2) is 0 Å². The van der Waals surface area contributed by atoms with E-state index in [0.29, 0.717) is 25.9 Å². The molecule has 0 rings (SSSR count). The minimum Gasteiger partial charge on any atom is -0.466 e. The van der Waals surface area contributed by atoms with Gasteiger partial charge in [-0.05, 0) is 57.8 Å². The Hall–Kier alpha value is -1.66. The first-order valence-electron chi connectivity index (χ1n) is 27.1. The quantitative estimate of drug-likeness (QED) is 0.0322. The summed E-state index contributed by atoms with van der Waals surface area (Å²) >= 11 is 0. The number of nitrogens with one attached hydrogen (secondary N) is 1. The van der Waals surface area contributed by atoms with Crippen molar-refractivity contribution in [1.82, 2.24) is 5.32 Å². The molecule has 3 N–H and O–H groups in total. The van der Waals surface area contributed by atoms with Gasteiger partial charge in [-0.1, -0.05) is 244 Å². The maximum absolute atomic E-state index is 12.5. The van der Waals surface area contributed by atoms with E-state index in [1.165, 1.54) is 199 Å².